The van der Waals surface area contributed by atoms with Gasteiger partial charge in [0.15, 0.2) is 0 Å². The summed E-state index contributed by atoms with van der Waals surface area (Å²) in [4.78, 5) is 12.1. The average molecular weight is 552 g/mol. The molecular weight excluding hydrogens is 478 g/mol. The van der Waals surface area contributed by atoms with E-state index in [0.29, 0.717) is 13.0 Å². The lowest BCUT2D eigenvalue weighted by Crippen LogP contribution is -2.28. The summed E-state index contributed by atoms with van der Waals surface area (Å²) in [6.45, 7) is 5.08. The Kier molecular flexibility index (Phi) is 33.1. The molecule has 0 aromatic carbocycles. The number of nitrogens with zero attached hydrogens (tertiary/aromatic N) is 1. The van der Waals surface area contributed by atoms with Gasteiger partial charge in [-0.05, 0) is 12.8 Å². The summed E-state index contributed by atoms with van der Waals surface area (Å²) in [6.07, 6.45) is 42.0. The zero-order chi connectivity index (χ0) is 28.5. The van der Waals surface area contributed by atoms with Crippen molar-refractivity contribution in [2.24, 2.45) is 0 Å². The van der Waals surface area contributed by atoms with Crippen LogP contribution in [-0.2, 0) is 4.79 Å². The lowest BCUT2D eigenvalue weighted by molar-refractivity contribution is -0.165. The minimum Gasteiger partial charge on any atom is -0.286 e. The Labute approximate surface area is 246 Å². The summed E-state index contributed by atoms with van der Waals surface area (Å²) in [7, 11) is 0. The van der Waals surface area contributed by atoms with Crippen molar-refractivity contribution in [2.75, 3.05) is 6.54 Å². The highest BCUT2D eigenvalue weighted by atomic mass is 16.5. The molecule has 0 heterocycles. The van der Waals surface area contributed by atoms with Crippen molar-refractivity contribution in [2.45, 2.75) is 219 Å². The predicted molar refractivity (Wildman–Crippen MR) is 173 cm³/mol. The Bertz CT molecular complexity index is 467. The van der Waals surface area contributed by atoms with E-state index in [-0.39, 0.29) is 5.91 Å². The molecule has 39 heavy (non-hydrogen) atoms. The monoisotopic (exact) mass is 552 g/mol. The summed E-state index contributed by atoms with van der Waals surface area (Å²) in [5, 5.41) is 11.0. The van der Waals surface area contributed by atoms with Gasteiger partial charge in [-0.15, -0.1) is 0 Å². The number of unbranched alkanes of at least 4 members (excludes halogenated alkanes) is 29. The van der Waals surface area contributed by atoms with Crippen LogP contribution in [0.15, 0.2) is 0 Å². The maximum Gasteiger partial charge on any atom is 0.245 e. The number of amides is 1. The van der Waals surface area contributed by atoms with Crippen molar-refractivity contribution in [3.8, 4) is 0 Å². The first kappa shape index (κ1) is 38.4. The molecule has 234 valence electrons. The molecular formula is C36H73NO2. The van der Waals surface area contributed by atoms with Crippen LogP contribution >= 0.6 is 0 Å². The molecule has 0 unspecified atom stereocenters. The third kappa shape index (κ3) is 31.8. The zero-order valence-corrected chi connectivity index (χ0v) is 27.1. The Morgan fingerprint density at radius 3 is 0.897 bits per heavy atom. The topological polar surface area (TPSA) is 40.5 Å². The first-order valence-electron chi connectivity index (χ1n) is 18.2. The van der Waals surface area contributed by atoms with Crippen LogP contribution in [0.5, 0.6) is 0 Å². The van der Waals surface area contributed by atoms with Crippen LogP contribution in [0.2, 0.25) is 0 Å². The van der Waals surface area contributed by atoms with E-state index in [1.807, 2.05) is 0 Å². The molecule has 1 amide bonds. The fourth-order valence-electron chi connectivity index (χ4n) is 5.71. The second-order valence-corrected chi connectivity index (χ2v) is 12.5. The van der Waals surface area contributed by atoms with E-state index >= 15 is 0 Å². The van der Waals surface area contributed by atoms with Crippen molar-refractivity contribution >= 4 is 5.91 Å². The normalized spacial score (nSPS) is 11.4. The Balaban J connectivity index is 3.27. The molecule has 0 aliphatic carbocycles. The van der Waals surface area contributed by atoms with Crippen LogP contribution in [0.3, 0.4) is 0 Å². The molecule has 0 fully saturated rings. The number of carbonyl (C=O) groups excluding carboxylic acids is 1. The molecule has 0 saturated carbocycles. The van der Waals surface area contributed by atoms with Gasteiger partial charge in [-0.3, -0.25) is 10.0 Å². The van der Waals surface area contributed by atoms with Gasteiger partial charge in [-0.2, -0.15) is 0 Å². The maximum absolute atomic E-state index is 12.1. The minimum absolute atomic E-state index is 0.0781. The molecule has 0 radical (unpaired) electrons. The summed E-state index contributed by atoms with van der Waals surface area (Å²) >= 11 is 0. The fourth-order valence-corrected chi connectivity index (χ4v) is 5.71. The van der Waals surface area contributed by atoms with Gasteiger partial charge in [-0.1, -0.05) is 200 Å². The van der Waals surface area contributed by atoms with E-state index in [9.17, 15) is 10.0 Å². The average Bonchev–Trinajstić information content (AvgIpc) is 2.94. The lowest BCUT2D eigenvalue weighted by Gasteiger charge is -2.14. The van der Waals surface area contributed by atoms with Gasteiger partial charge >= 0.3 is 0 Å². The van der Waals surface area contributed by atoms with Gasteiger partial charge in [0.1, 0.15) is 0 Å². The van der Waals surface area contributed by atoms with Gasteiger partial charge in [0.05, 0.1) is 0 Å². The molecule has 0 aromatic heterocycles. The van der Waals surface area contributed by atoms with Gasteiger partial charge in [-0.25, -0.2) is 5.06 Å². The first-order chi connectivity index (χ1) is 19.2. The summed E-state index contributed by atoms with van der Waals surface area (Å²) in [5.41, 5.74) is 0. The highest BCUT2D eigenvalue weighted by Crippen LogP contribution is 2.15. The number of hydroxylamine groups is 2. The Morgan fingerprint density at radius 2 is 0.615 bits per heavy atom. The minimum atomic E-state index is -0.0781. The molecule has 1 N–H and O–H groups in total. The van der Waals surface area contributed by atoms with Crippen LogP contribution < -0.4 is 0 Å². The molecule has 0 aliphatic rings. The van der Waals surface area contributed by atoms with Gasteiger partial charge in [0, 0.05) is 13.0 Å². The Hall–Kier alpha value is -0.570. The third-order valence-electron chi connectivity index (χ3n) is 8.51. The second-order valence-electron chi connectivity index (χ2n) is 12.5. The molecule has 3 nitrogen and oxygen atoms in total. The van der Waals surface area contributed by atoms with Crippen LogP contribution in [-0.4, -0.2) is 22.7 Å². The van der Waals surface area contributed by atoms with Gasteiger partial charge in [0.2, 0.25) is 5.91 Å². The predicted octanol–water partition coefficient (Wildman–Crippen LogP) is 12.7. The highest BCUT2D eigenvalue weighted by molar-refractivity contribution is 5.74. The van der Waals surface area contributed by atoms with Crippen LogP contribution in [0.25, 0.3) is 0 Å². The first-order valence-corrected chi connectivity index (χ1v) is 18.2. The zero-order valence-electron chi connectivity index (χ0n) is 27.1. The molecule has 3 heteroatoms. The van der Waals surface area contributed by atoms with E-state index in [0.717, 1.165) is 30.7 Å². The maximum atomic E-state index is 12.1. The molecule has 0 aliphatic heterocycles. The van der Waals surface area contributed by atoms with E-state index in [1.165, 1.54) is 173 Å². The summed E-state index contributed by atoms with van der Waals surface area (Å²) < 4.78 is 0. The quantitative estimate of drug-likeness (QED) is 0.0500. The fraction of sp³-hybridized carbons (Fsp3) is 0.972. The molecule has 0 bridgehead atoms. The third-order valence-corrected chi connectivity index (χ3v) is 8.51. The van der Waals surface area contributed by atoms with Gasteiger partial charge in [0.25, 0.3) is 0 Å². The van der Waals surface area contributed by atoms with E-state index in [4.69, 9.17) is 0 Å². The standard InChI is InChI=1S/C36H73NO2/c1-3-5-7-9-11-13-15-17-19-21-23-25-27-29-31-33-35-37(39)36(38)34-32-30-28-26-24-22-20-18-16-14-12-10-8-6-4-2/h39H,3-35H2,1-2H3. The van der Waals surface area contributed by atoms with Crippen LogP contribution in [0.4, 0.5) is 0 Å². The number of carbonyl (C=O) groups is 1. The van der Waals surface area contributed by atoms with Crippen molar-refractivity contribution in [1.82, 2.24) is 5.06 Å². The van der Waals surface area contributed by atoms with Crippen LogP contribution in [0.1, 0.15) is 219 Å². The summed E-state index contributed by atoms with van der Waals surface area (Å²) in [5.74, 6) is -0.0781. The van der Waals surface area contributed by atoms with Crippen LogP contribution in [0, 0.1) is 0 Å². The van der Waals surface area contributed by atoms with Crippen molar-refractivity contribution < 1.29 is 10.0 Å². The second kappa shape index (κ2) is 33.6. The van der Waals surface area contributed by atoms with Crippen molar-refractivity contribution in [1.29, 1.82) is 0 Å². The molecule has 0 aromatic rings. The van der Waals surface area contributed by atoms with E-state index < -0.39 is 0 Å². The number of hydrogen-bond donors (Lipinski definition) is 1. The van der Waals surface area contributed by atoms with Crippen molar-refractivity contribution in [3.63, 3.8) is 0 Å². The number of rotatable bonds is 33. The SMILES string of the molecule is CCCCCCCCCCCCCCCCCCN(O)C(=O)CCCCCCCCCCCCCCCCC. The smallest absolute Gasteiger partial charge is 0.245 e. The lowest BCUT2D eigenvalue weighted by atomic mass is 10.0. The number of hydrogen-bond acceptors (Lipinski definition) is 2. The van der Waals surface area contributed by atoms with Gasteiger partial charge < -0.3 is 0 Å². The highest BCUT2D eigenvalue weighted by Gasteiger charge is 2.09. The largest absolute Gasteiger partial charge is 0.286 e. The van der Waals surface area contributed by atoms with Crippen molar-refractivity contribution in [3.05, 3.63) is 0 Å². The molecule has 0 saturated heterocycles. The Morgan fingerprint density at radius 1 is 0.385 bits per heavy atom. The van der Waals surface area contributed by atoms with E-state index in [1.54, 1.807) is 0 Å². The molecule has 0 atom stereocenters. The van der Waals surface area contributed by atoms with E-state index in [2.05, 4.69) is 13.8 Å². The molecule has 0 rings (SSSR count). The molecule has 0 spiro atoms. The summed E-state index contributed by atoms with van der Waals surface area (Å²) in [6, 6.07) is 0.